The summed E-state index contributed by atoms with van der Waals surface area (Å²) in [6, 6.07) is 11.2. The lowest BCUT2D eigenvalue weighted by molar-refractivity contribution is -0.123. The molecule has 2 aromatic carbocycles. The van der Waals surface area contributed by atoms with E-state index in [1.807, 2.05) is 38.1 Å². The van der Waals surface area contributed by atoms with E-state index in [9.17, 15) is 4.79 Å². The van der Waals surface area contributed by atoms with E-state index in [-0.39, 0.29) is 19.3 Å². The van der Waals surface area contributed by atoms with Crippen LogP contribution in [-0.2, 0) is 4.79 Å². The molecule has 1 aliphatic heterocycles. The Labute approximate surface area is 140 Å². The van der Waals surface area contributed by atoms with Gasteiger partial charge in [0.15, 0.2) is 18.1 Å². The molecule has 0 bridgehead atoms. The minimum absolute atomic E-state index is 0.0959. The molecule has 2 aromatic rings. The van der Waals surface area contributed by atoms with E-state index in [1.165, 1.54) is 6.21 Å². The molecular formula is C18H18N2O4. The van der Waals surface area contributed by atoms with Crippen LogP contribution in [0.15, 0.2) is 41.5 Å². The van der Waals surface area contributed by atoms with Crippen molar-refractivity contribution in [1.29, 1.82) is 0 Å². The molecule has 0 spiro atoms. The van der Waals surface area contributed by atoms with E-state index < -0.39 is 0 Å². The van der Waals surface area contributed by atoms with Gasteiger partial charge in [-0.05, 0) is 60.9 Å². The standard InChI is InChI=1S/C18H18N2O4/c1-12-5-13(2)7-15(6-12)22-10-18(21)20-19-9-14-3-4-16-17(8-14)24-11-23-16/h3-9H,10-11H2,1-2H3,(H,20,21)/b19-9+. The summed E-state index contributed by atoms with van der Waals surface area (Å²) in [5.41, 5.74) is 5.41. The molecule has 0 unspecified atom stereocenters. The minimum atomic E-state index is -0.328. The molecule has 0 aliphatic carbocycles. The fraction of sp³-hybridized carbons (Fsp3) is 0.222. The quantitative estimate of drug-likeness (QED) is 0.677. The second-order valence-corrected chi connectivity index (χ2v) is 5.52. The molecular weight excluding hydrogens is 308 g/mol. The predicted octanol–water partition coefficient (Wildman–Crippen LogP) is 2.56. The van der Waals surface area contributed by atoms with E-state index >= 15 is 0 Å². The van der Waals surface area contributed by atoms with Gasteiger partial charge in [0.2, 0.25) is 6.79 Å². The number of ether oxygens (including phenoxy) is 3. The zero-order chi connectivity index (χ0) is 16.9. The third kappa shape index (κ3) is 4.04. The fourth-order valence-corrected chi connectivity index (χ4v) is 2.37. The Bertz CT molecular complexity index is 766. The number of hydrogen-bond donors (Lipinski definition) is 1. The maximum Gasteiger partial charge on any atom is 0.277 e. The van der Waals surface area contributed by atoms with E-state index in [0.29, 0.717) is 17.2 Å². The van der Waals surface area contributed by atoms with Gasteiger partial charge >= 0.3 is 0 Å². The summed E-state index contributed by atoms with van der Waals surface area (Å²) in [4.78, 5) is 11.8. The SMILES string of the molecule is Cc1cc(C)cc(OCC(=O)N/N=C/c2ccc3c(c2)OCO3)c1. The Morgan fingerprint density at radius 3 is 2.71 bits per heavy atom. The van der Waals surface area contributed by atoms with Gasteiger partial charge in [-0.25, -0.2) is 5.43 Å². The highest BCUT2D eigenvalue weighted by molar-refractivity contribution is 5.83. The first-order valence-corrected chi connectivity index (χ1v) is 7.53. The van der Waals surface area contributed by atoms with Crippen LogP contribution in [0.3, 0.4) is 0 Å². The minimum Gasteiger partial charge on any atom is -0.484 e. The highest BCUT2D eigenvalue weighted by atomic mass is 16.7. The smallest absolute Gasteiger partial charge is 0.277 e. The van der Waals surface area contributed by atoms with Crippen LogP contribution in [0.2, 0.25) is 0 Å². The van der Waals surface area contributed by atoms with E-state index in [4.69, 9.17) is 14.2 Å². The van der Waals surface area contributed by atoms with Gasteiger partial charge in [0.05, 0.1) is 6.21 Å². The molecule has 3 rings (SSSR count). The Balaban J connectivity index is 1.50. The number of fused-ring (bicyclic) bond motifs is 1. The normalized spacial score (nSPS) is 12.4. The summed E-state index contributed by atoms with van der Waals surface area (Å²) < 4.78 is 16.0. The molecule has 0 fully saturated rings. The van der Waals surface area contributed by atoms with Crippen molar-refractivity contribution in [3.63, 3.8) is 0 Å². The van der Waals surface area contributed by atoms with Gasteiger partial charge in [-0.1, -0.05) is 6.07 Å². The molecule has 0 saturated carbocycles. The topological polar surface area (TPSA) is 69.2 Å². The van der Waals surface area contributed by atoms with Crippen LogP contribution in [-0.4, -0.2) is 25.5 Å². The first kappa shape index (κ1) is 15.9. The highest BCUT2D eigenvalue weighted by Gasteiger charge is 2.12. The van der Waals surface area contributed by atoms with Gasteiger partial charge in [-0.3, -0.25) is 4.79 Å². The van der Waals surface area contributed by atoms with Crippen molar-refractivity contribution >= 4 is 12.1 Å². The number of carbonyl (C=O) groups excluding carboxylic acids is 1. The summed E-state index contributed by atoms with van der Waals surface area (Å²) in [6.07, 6.45) is 1.54. The molecule has 1 amide bonds. The third-order valence-electron chi connectivity index (χ3n) is 3.36. The van der Waals surface area contributed by atoms with Crippen molar-refractivity contribution in [3.05, 3.63) is 53.1 Å². The molecule has 6 heteroatoms. The zero-order valence-corrected chi connectivity index (χ0v) is 13.5. The number of hydrogen-bond acceptors (Lipinski definition) is 5. The van der Waals surface area contributed by atoms with Crippen LogP contribution in [0.4, 0.5) is 0 Å². The van der Waals surface area contributed by atoms with Crippen LogP contribution in [0, 0.1) is 13.8 Å². The molecule has 1 N–H and O–H groups in total. The lowest BCUT2D eigenvalue weighted by Gasteiger charge is -2.07. The number of nitrogens with zero attached hydrogens (tertiary/aromatic N) is 1. The van der Waals surface area contributed by atoms with Crippen molar-refractivity contribution in [2.24, 2.45) is 5.10 Å². The second-order valence-electron chi connectivity index (χ2n) is 5.52. The number of hydrazone groups is 1. The molecule has 1 heterocycles. The Kier molecular flexibility index (Phi) is 4.65. The van der Waals surface area contributed by atoms with Crippen molar-refractivity contribution in [2.75, 3.05) is 13.4 Å². The van der Waals surface area contributed by atoms with Gasteiger partial charge in [0.25, 0.3) is 5.91 Å². The van der Waals surface area contributed by atoms with Crippen LogP contribution < -0.4 is 19.6 Å². The molecule has 0 atom stereocenters. The average Bonchev–Trinajstić information content (AvgIpc) is 3.00. The van der Waals surface area contributed by atoms with Gasteiger partial charge in [-0.2, -0.15) is 5.10 Å². The van der Waals surface area contributed by atoms with Crippen molar-refractivity contribution in [1.82, 2.24) is 5.43 Å². The first-order valence-electron chi connectivity index (χ1n) is 7.53. The Morgan fingerprint density at radius 1 is 1.17 bits per heavy atom. The summed E-state index contributed by atoms with van der Waals surface area (Å²) in [6.45, 7) is 4.09. The highest BCUT2D eigenvalue weighted by Crippen LogP contribution is 2.31. The zero-order valence-electron chi connectivity index (χ0n) is 13.5. The molecule has 1 aliphatic rings. The molecule has 6 nitrogen and oxygen atoms in total. The summed E-state index contributed by atoms with van der Waals surface area (Å²) in [5, 5.41) is 3.91. The number of carbonyl (C=O) groups is 1. The summed E-state index contributed by atoms with van der Waals surface area (Å²) in [5.74, 6) is 1.72. The molecule has 0 saturated heterocycles. The summed E-state index contributed by atoms with van der Waals surface area (Å²) >= 11 is 0. The monoisotopic (exact) mass is 326 g/mol. The lowest BCUT2D eigenvalue weighted by atomic mass is 10.1. The Morgan fingerprint density at radius 2 is 1.92 bits per heavy atom. The van der Waals surface area contributed by atoms with Crippen molar-refractivity contribution in [2.45, 2.75) is 13.8 Å². The lowest BCUT2D eigenvalue weighted by Crippen LogP contribution is -2.24. The van der Waals surface area contributed by atoms with E-state index in [1.54, 1.807) is 12.1 Å². The average molecular weight is 326 g/mol. The van der Waals surface area contributed by atoms with Crippen LogP contribution in [0.5, 0.6) is 17.2 Å². The molecule has 0 aromatic heterocycles. The van der Waals surface area contributed by atoms with Crippen LogP contribution >= 0.6 is 0 Å². The van der Waals surface area contributed by atoms with Crippen molar-refractivity contribution in [3.8, 4) is 17.2 Å². The van der Waals surface area contributed by atoms with Gasteiger partial charge < -0.3 is 14.2 Å². The molecule has 24 heavy (non-hydrogen) atoms. The molecule has 124 valence electrons. The summed E-state index contributed by atoms with van der Waals surface area (Å²) in [7, 11) is 0. The first-order chi connectivity index (χ1) is 11.6. The Hall–Kier alpha value is -3.02. The fourth-order valence-electron chi connectivity index (χ4n) is 2.37. The maximum atomic E-state index is 11.8. The number of aryl methyl sites for hydroxylation is 2. The maximum absolute atomic E-state index is 11.8. The largest absolute Gasteiger partial charge is 0.484 e. The van der Waals surface area contributed by atoms with E-state index in [2.05, 4.69) is 10.5 Å². The van der Waals surface area contributed by atoms with Crippen LogP contribution in [0.1, 0.15) is 16.7 Å². The number of rotatable bonds is 5. The number of benzene rings is 2. The van der Waals surface area contributed by atoms with Crippen LogP contribution in [0.25, 0.3) is 0 Å². The predicted molar refractivity (Wildman–Crippen MR) is 89.7 cm³/mol. The van der Waals surface area contributed by atoms with Gasteiger partial charge in [0.1, 0.15) is 5.75 Å². The van der Waals surface area contributed by atoms with Crippen molar-refractivity contribution < 1.29 is 19.0 Å². The second kappa shape index (κ2) is 7.04. The van der Waals surface area contributed by atoms with Gasteiger partial charge in [-0.15, -0.1) is 0 Å². The number of amides is 1. The number of nitrogens with one attached hydrogen (secondary N) is 1. The third-order valence-corrected chi connectivity index (χ3v) is 3.36. The van der Waals surface area contributed by atoms with Gasteiger partial charge in [0, 0.05) is 0 Å². The van der Waals surface area contributed by atoms with E-state index in [0.717, 1.165) is 16.7 Å². The molecule has 0 radical (unpaired) electrons.